The molecule has 0 saturated heterocycles. The van der Waals surface area contributed by atoms with E-state index in [1.165, 1.54) is 12.0 Å². The van der Waals surface area contributed by atoms with Crippen LogP contribution < -0.4 is 0 Å². The molecule has 0 atom stereocenters. The van der Waals surface area contributed by atoms with Crippen molar-refractivity contribution in [2.45, 2.75) is 48.0 Å². The van der Waals surface area contributed by atoms with E-state index in [4.69, 9.17) is 0 Å². The molecule has 0 radical (unpaired) electrons. The Morgan fingerprint density at radius 3 is 1.93 bits per heavy atom. The summed E-state index contributed by atoms with van der Waals surface area (Å²) in [6.07, 6.45) is 11.6. The minimum absolute atomic E-state index is 0.658. The lowest BCUT2D eigenvalue weighted by Gasteiger charge is -2.01. The van der Waals surface area contributed by atoms with E-state index in [-0.39, 0.29) is 0 Å². The van der Waals surface area contributed by atoms with Crippen molar-refractivity contribution in [2.75, 3.05) is 0 Å². The molecular weight excluding hydrogens is 168 g/mol. The fourth-order valence-electron chi connectivity index (χ4n) is 0.575. The molecule has 0 heterocycles. The number of allylic oxidation sites excluding steroid dienone is 6. The monoisotopic (exact) mass is 194 g/mol. The van der Waals surface area contributed by atoms with E-state index in [9.17, 15) is 0 Å². The van der Waals surface area contributed by atoms with Crippen molar-refractivity contribution in [2.24, 2.45) is 5.92 Å². The Balaban J connectivity index is 0. The average Bonchev–Trinajstić information content (AvgIpc) is 2.13. The lowest BCUT2D eigenvalue weighted by Crippen LogP contribution is -1.86. The molecule has 0 aliphatic heterocycles. The molecule has 0 unspecified atom stereocenters. The van der Waals surface area contributed by atoms with Gasteiger partial charge in [0.15, 0.2) is 0 Å². The summed E-state index contributed by atoms with van der Waals surface area (Å²) in [5.41, 5.74) is 1.42. The number of hydrogen-bond donors (Lipinski definition) is 0. The molecule has 14 heavy (non-hydrogen) atoms. The summed E-state index contributed by atoms with van der Waals surface area (Å²) in [5, 5.41) is 0. The Morgan fingerprint density at radius 2 is 1.57 bits per heavy atom. The van der Waals surface area contributed by atoms with Crippen LogP contribution >= 0.6 is 0 Å². The van der Waals surface area contributed by atoms with Gasteiger partial charge >= 0.3 is 0 Å². The van der Waals surface area contributed by atoms with Crippen LogP contribution in [0.2, 0.25) is 0 Å². The van der Waals surface area contributed by atoms with Crippen LogP contribution in [0.4, 0.5) is 0 Å². The normalized spacial score (nSPS) is 12.4. The molecule has 0 saturated carbocycles. The highest BCUT2D eigenvalue weighted by Crippen LogP contribution is 2.07. The van der Waals surface area contributed by atoms with Gasteiger partial charge in [-0.15, -0.1) is 0 Å². The van der Waals surface area contributed by atoms with Gasteiger partial charge in [0.1, 0.15) is 0 Å². The van der Waals surface area contributed by atoms with Gasteiger partial charge in [-0.3, -0.25) is 0 Å². The Bertz CT molecular complexity index is 180. The van der Waals surface area contributed by atoms with Gasteiger partial charge in [-0.2, -0.15) is 0 Å². The van der Waals surface area contributed by atoms with Gasteiger partial charge in [-0.05, 0) is 19.8 Å². The summed E-state index contributed by atoms with van der Waals surface area (Å²) < 4.78 is 0. The van der Waals surface area contributed by atoms with Gasteiger partial charge in [-0.25, -0.2) is 0 Å². The maximum atomic E-state index is 2.20. The molecule has 82 valence electrons. The molecule has 0 aromatic carbocycles. The van der Waals surface area contributed by atoms with Gasteiger partial charge in [0.05, 0.1) is 0 Å². The van der Waals surface area contributed by atoms with E-state index >= 15 is 0 Å². The first-order valence-electron chi connectivity index (χ1n) is 5.56. The Labute approximate surface area is 90.4 Å². The first-order valence-corrected chi connectivity index (χ1v) is 5.56. The van der Waals surface area contributed by atoms with Crippen LogP contribution in [0.5, 0.6) is 0 Å². The minimum Gasteiger partial charge on any atom is -0.0877 e. The largest absolute Gasteiger partial charge is 0.0877 e. The number of hydrogen-bond acceptors (Lipinski definition) is 0. The summed E-state index contributed by atoms with van der Waals surface area (Å²) >= 11 is 0. The van der Waals surface area contributed by atoms with Crippen LogP contribution in [-0.4, -0.2) is 0 Å². The highest BCUT2D eigenvalue weighted by Gasteiger charge is 1.91. The third-order valence-corrected chi connectivity index (χ3v) is 1.68. The van der Waals surface area contributed by atoms with Crippen LogP contribution in [0, 0.1) is 5.92 Å². The van der Waals surface area contributed by atoms with Gasteiger partial charge in [-0.1, -0.05) is 70.1 Å². The molecule has 0 amide bonds. The first kappa shape index (κ1) is 15.7. The van der Waals surface area contributed by atoms with Crippen molar-refractivity contribution in [3.63, 3.8) is 0 Å². The second kappa shape index (κ2) is 12.2. The van der Waals surface area contributed by atoms with Gasteiger partial charge in [0.2, 0.25) is 0 Å². The van der Waals surface area contributed by atoms with Crippen LogP contribution in [0.3, 0.4) is 0 Å². The van der Waals surface area contributed by atoms with E-state index in [2.05, 4.69) is 46.8 Å². The summed E-state index contributed by atoms with van der Waals surface area (Å²) in [7, 11) is 0. The number of rotatable bonds is 3. The van der Waals surface area contributed by atoms with E-state index in [1.54, 1.807) is 0 Å². The predicted molar refractivity (Wildman–Crippen MR) is 68.5 cm³/mol. The third kappa shape index (κ3) is 13.8. The quantitative estimate of drug-likeness (QED) is 0.546. The van der Waals surface area contributed by atoms with Crippen LogP contribution in [0.25, 0.3) is 0 Å². The lowest BCUT2D eigenvalue weighted by molar-refractivity contribution is 0.769. The van der Waals surface area contributed by atoms with Crippen molar-refractivity contribution in [3.05, 3.63) is 36.0 Å². The lowest BCUT2D eigenvalue weighted by atomic mass is 10.1. The fraction of sp³-hybridized carbons (Fsp3) is 0.571. The predicted octanol–water partition coefficient (Wildman–Crippen LogP) is 5.14. The van der Waals surface area contributed by atoms with E-state index in [1.807, 2.05) is 25.2 Å². The molecule has 0 fully saturated rings. The summed E-state index contributed by atoms with van der Waals surface area (Å²) in [6, 6.07) is 0. The van der Waals surface area contributed by atoms with Crippen molar-refractivity contribution in [3.8, 4) is 0 Å². The smallest absolute Gasteiger partial charge is 0.0260 e. The summed E-state index contributed by atoms with van der Waals surface area (Å²) in [6.45, 7) is 12.8. The molecule has 0 aliphatic rings. The van der Waals surface area contributed by atoms with Crippen molar-refractivity contribution in [1.29, 1.82) is 0 Å². The third-order valence-electron chi connectivity index (χ3n) is 1.68. The van der Waals surface area contributed by atoms with Gasteiger partial charge in [0, 0.05) is 0 Å². The zero-order chi connectivity index (χ0) is 11.4. The molecule has 0 nitrogen and oxygen atoms in total. The minimum atomic E-state index is 0.658. The highest BCUT2D eigenvalue weighted by atomic mass is 14.0. The maximum Gasteiger partial charge on any atom is -0.0260 e. The Kier molecular flexibility index (Phi) is 13.7. The molecule has 0 N–H and O–H groups in total. The zero-order valence-corrected chi connectivity index (χ0v) is 10.7. The highest BCUT2D eigenvalue weighted by molar-refractivity contribution is 5.15. The molecule has 0 aromatic rings. The van der Waals surface area contributed by atoms with Gasteiger partial charge < -0.3 is 0 Å². The topological polar surface area (TPSA) is 0 Å². The Hall–Kier alpha value is -0.780. The maximum absolute atomic E-state index is 2.20. The standard InChI is InChI=1S/C11H18.C3H8/c1-5-6-7-8-9-11(4)10(2)3;1-3-2/h5-10H,1-4H3;3H2,1-2H3/b6-5+,8-7-,11-9+;. The molecule has 0 heteroatoms. The second-order valence-corrected chi connectivity index (χ2v) is 3.68. The Morgan fingerprint density at radius 1 is 1.07 bits per heavy atom. The summed E-state index contributed by atoms with van der Waals surface area (Å²) in [4.78, 5) is 0. The summed E-state index contributed by atoms with van der Waals surface area (Å²) in [5.74, 6) is 0.658. The van der Waals surface area contributed by atoms with Crippen LogP contribution in [0.1, 0.15) is 48.0 Å². The molecule has 0 rings (SSSR count). The first-order chi connectivity index (χ1) is 6.59. The second-order valence-electron chi connectivity index (χ2n) is 3.68. The van der Waals surface area contributed by atoms with E-state index < -0.39 is 0 Å². The molecule has 0 spiro atoms. The van der Waals surface area contributed by atoms with Crippen LogP contribution in [-0.2, 0) is 0 Å². The van der Waals surface area contributed by atoms with E-state index in [0.717, 1.165) is 0 Å². The van der Waals surface area contributed by atoms with Crippen molar-refractivity contribution < 1.29 is 0 Å². The SMILES string of the molecule is C/C=C/C=C\C=C(/C)C(C)C.CCC. The van der Waals surface area contributed by atoms with Crippen LogP contribution in [0.15, 0.2) is 36.0 Å². The molecule has 0 aliphatic carbocycles. The zero-order valence-electron chi connectivity index (χ0n) is 10.7. The fourth-order valence-corrected chi connectivity index (χ4v) is 0.575. The van der Waals surface area contributed by atoms with Crippen molar-refractivity contribution in [1.82, 2.24) is 0 Å². The molecule has 0 aromatic heterocycles. The van der Waals surface area contributed by atoms with E-state index in [0.29, 0.717) is 5.92 Å². The average molecular weight is 194 g/mol. The molecule has 0 bridgehead atoms. The molecular formula is C14H26. The van der Waals surface area contributed by atoms with Crippen molar-refractivity contribution >= 4 is 0 Å². The van der Waals surface area contributed by atoms with Gasteiger partial charge in [0.25, 0.3) is 0 Å².